The van der Waals surface area contributed by atoms with Crippen LogP contribution in [0.15, 0.2) is 48.5 Å². The molecule has 3 aromatic rings. The zero-order chi connectivity index (χ0) is 18.7. The summed E-state index contributed by atoms with van der Waals surface area (Å²) in [5, 5.41) is 9.45. The lowest BCUT2D eigenvalue weighted by Gasteiger charge is -2.20. The van der Waals surface area contributed by atoms with Gasteiger partial charge in [-0.25, -0.2) is 13.3 Å². The van der Waals surface area contributed by atoms with Crippen molar-refractivity contribution < 1.29 is 18.7 Å². The Hall–Kier alpha value is -1.89. The SMILES string of the molecule is O=C(O)c1ccc(I)cc1N(c1nsnc1Cc1ccccc1)S(=O)O. The van der Waals surface area contributed by atoms with Crippen LogP contribution in [0.5, 0.6) is 0 Å². The molecular weight excluding hydrogens is 489 g/mol. The molecule has 134 valence electrons. The molecule has 0 fully saturated rings. The predicted octanol–water partition coefficient (Wildman–Crippen LogP) is 3.71. The lowest BCUT2D eigenvalue weighted by atomic mass is 10.1. The highest BCUT2D eigenvalue weighted by atomic mass is 127. The van der Waals surface area contributed by atoms with Gasteiger partial charge in [-0.05, 0) is 46.4 Å². The number of carbonyl (C=O) groups is 1. The van der Waals surface area contributed by atoms with Crippen molar-refractivity contribution in [1.82, 2.24) is 8.75 Å². The molecule has 10 heteroatoms. The molecular formula is C16H12IN3O4S2. The second kappa shape index (κ2) is 8.20. The Labute approximate surface area is 169 Å². The molecule has 1 atom stereocenters. The molecule has 0 radical (unpaired) electrons. The maximum atomic E-state index is 12.1. The quantitative estimate of drug-likeness (QED) is 0.395. The Bertz CT molecular complexity index is 965. The molecule has 0 aliphatic rings. The van der Waals surface area contributed by atoms with E-state index in [4.69, 9.17) is 0 Å². The Morgan fingerprint density at radius 3 is 2.58 bits per heavy atom. The van der Waals surface area contributed by atoms with E-state index in [1.54, 1.807) is 6.07 Å². The molecule has 0 amide bonds. The van der Waals surface area contributed by atoms with Crippen molar-refractivity contribution in [3.05, 3.63) is 68.9 Å². The Morgan fingerprint density at radius 2 is 1.92 bits per heavy atom. The molecule has 0 bridgehead atoms. The lowest BCUT2D eigenvalue weighted by molar-refractivity contribution is 0.0698. The average molecular weight is 501 g/mol. The minimum atomic E-state index is -2.52. The highest BCUT2D eigenvalue weighted by molar-refractivity contribution is 14.1. The second-order valence-corrected chi connectivity index (χ2v) is 7.79. The molecule has 0 saturated carbocycles. The van der Waals surface area contributed by atoms with Crippen molar-refractivity contribution in [2.45, 2.75) is 6.42 Å². The van der Waals surface area contributed by atoms with Crippen LogP contribution in [0.4, 0.5) is 11.5 Å². The number of aromatic carboxylic acids is 1. The van der Waals surface area contributed by atoms with Crippen LogP contribution in [0, 0.1) is 3.57 Å². The van der Waals surface area contributed by atoms with Crippen LogP contribution in [-0.2, 0) is 17.7 Å². The average Bonchev–Trinajstić information content (AvgIpc) is 3.03. The highest BCUT2D eigenvalue weighted by Crippen LogP contribution is 2.33. The van der Waals surface area contributed by atoms with Crippen LogP contribution < -0.4 is 4.31 Å². The van der Waals surface area contributed by atoms with Crippen LogP contribution in [0.25, 0.3) is 0 Å². The number of nitrogens with zero attached hydrogens (tertiary/aromatic N) is 3. The van der Waals surface area contributed by atoms with Gasteiger partial charge in [-0.3, -0.25) is 4.55 Å². The standard InChI is InChI=1S/C16H12IN3O4S2/c17-11-6-7-12(16(21)22)14(9-11)20(26(23)24)15-13(18-25-19-15)8-10-4-2-1-3-5-10/h1-7,9H,8H2,(H,21,22)(H,23,24). The highest BCUT2D eigenvalue weighted by Gasteiger charge is 2.27. The summed E-state index contributed by atoms with van der Waals surface area (Å²) in [6.45, 7) is 0. The zero-order valence-electron chi connectivity index (χ0n) is 13.1. The third kappa shape index (κ3) is 4.09. The minimum absolute atomic E-state index is 0.0900. The molecule has 1 heterocycles. The van der Waals surface area contributed by atoms with Gasteiger partial charge in [-0.2, -0.15) is 8.75 Å². The van der Waals surface area contributed by atoms with E-state index in [9.17, 15) is 18.7 Å². The number of carboxylic acid groups (broad SMARTS) is 1. The van der Waals surface area contributed by atoms with Gasteiger partial charge in [-0.1, -0.05) is 30.3 Å². The number of halogens is 1. The van der Waals surface area contributed by atoms with E-state index in [0.717, 1.165) is 25.2 Å². The fourth-order valence-corrected chi connectivity index (χ4v) is 4.07. The van der Waals surface area contributed by atoms with Crippen molar-refractivity contribution >= 4 is 63.1 Å². The van der Waals surface area contributed by atoms with Gasteiger partial charge in [0.05, 0.1) is 23.0 Å². The van der Waals surface area contributed by atoms with Gasteiger partial charge in [0, 0.05) is 9.99 Å². The van der Waals surface area contributed by atoms with Gasteiger partial charge >= 0.3 is 5.97 Å². The summed E-state index contributed by atoms with van der Waals surface area (Å²) >= 11 is 0.405. The van der Waals surface area contributed by atoms with Crippen LogP contribution >= 0.6 is 34.3 Å². The first-order valence-electron chi connectivity index (χ1n) is 7.26. The summed E-state index contributed by atoms with van der Waals surface area (Å²) in [7, 11) is 0. The largest absolute Gasteiger partial charge is 0.478 e. The van der Waals surface area contributed by atoms with Crippen molar-refractivity contribution in [3.8, 4) is 0 Å². The summed E-state index contributed by atoms with van der Waals surface area (Å²) in [4.78, 5) is 11.6. The number of aromatic nitrogens is 2. The van der Waals surface area contributed by atoms with E-state index in [1.165, 1.54) is 12.1 Å². The molecule has 0 spiro atoms. The van der Waals surface area contributed by atoms with Crippen molar-refractivity contribution in [3.63, 3.8) is 0 Å². The molecule has 7 nitrogen and oxygen atoms in total. The maximum Gasteiger partial charge on any atom is 0.337 e. The topological polar surface area (TPSA) is 104 Å². The van der Waals surface area contributed by atoms with E-state index >= 15 is 0 Å². The van der Waals surface area contributed by atoms with Gasteiger partial charge in [0.15, 0.2) is 5.82 Å². The zero-order valence-corrected chi connectivity index (χ0v) is 16.9. The Kier molecular flexibility index (Phi) is 5.96. The summed E-state index contributed by atoms with van der Waals surface area (Å²) in [5.74, 6) is -1.02. The summed E-state index contributed by atoms with van der Waals surface area (Å²) < 4.78 is 32.0. The molecule has 2 aromatic carbocycles. The number of rotatable bonds is 6. The minimum Gasteiger partial charge on any atom is -0.478 e. The van der Waals surface area contributed by atoms with Gasteiger partial charge in [-0.15, -0.1) is 0 Å². The van der Waals surface area contributed by atoms with E-state index < -0.39 is 17.2 Å². The smallest absolute Gasteiger partial charge is 0.337 e. The number of benzene rings is 2. The van der Waals surface area contributed by atoms with Crippen LogP contribution in [0.2, 0.25) is 0 Å². The van der Waals surface area contributed by atoms with Gasteiger partial charge in [0.2, 0.25) is 0 Å². The first-order chi connectivity index (χ1) is 12.5. The van der Waals surface area contributed by atoms with E-state index in [2.05, 4.69) is 8.75 Å². The van der Waals surface area contributed by atoms with Crippen molar-refractivity contribution in [1.29, 1.82) is 0 Å². The van der Waals surface area contributed by atoms with Crippen molar-refractivity contribution in [2.24, 2.45) is 0 Å². The third-order valence-electron chi connectivity index (χ3n) is 3.51. The van der Waals surface area contributed by atoms with Crippen LogP contribution in [0.3, 0.4) is 0 Å². The van der Waals surface area contributed by atoms with Gasteiger partial charge in [0.1, 0.15) is 5.69 Å². The molecule has 2 N–H and O–H groups in total. The molecule has 3 rings (SSSR count). The fourth-order valence-electron chi connectivity index (χ4n) is 2.38. The normalized spacial score (nSPS) is 11.9. The molecule has 0 aliphatic carbocycles. The molecule has 1 unspecified atom stereocenters. The van der Waals surface area contributed by atoms with Gasteiger partial charge in [0.25, 0.3) is 11.3 Å². The number of hydrogen-bond donors (Lipinski definition) is 2. The number of carboxylic acids is 1. The molecule has 1 aromatic heterocycles. The predicted molar refractivity (Wildman–Crippen MR) is 108 cm³/mol. The lowest BCUT2D eigenvalue weighted by Crippen LogP contribution is -2.23. The van der Waals surface area contributed by atoms with E-state index in [0.29, 0.717) is 12.1 Å². The summed E-state index contributed by atoms with van der Waals surface area (Å²) in [6, 6.07) is 14.0. The molecule has 0 saturated heterocycles. The third-order valence-corrected chi connectivity index (χ3v) is 5.42. The molecule has 0 aliphatic heterocycles. The summed E-state index contributed by atoms with van der Waals surface area (Å²) in [6.07, 6.45) is 0.409. The van der Waals surface area contributed by atoms with E-state index in [-0.39, 0.29) is 17.1 Å². The molecule has 26 heavy (non-hydrogen) atoms. The van der Waals surface area contributed by atoms with E-state index in [1.807, 2.05) is 52.9 Å². The number of anilines is 2. The first-order valence-corrected chi connectivity index (χ1v) is 10.1. The van der Waals surface area contributed by atoms with Crippen molar-refractivity contribution in [2.75, 3.05) is 4.31 Å². The van der Waals surface area contributed by atoms with Crippen LogP contribution in [-0.4, -0.2) is 28.6 Å². The monoisotopic (exact) mass is 501 g/mol. The number of hydrogen-bond acceptors (Lipinski definition) is 5. The van der Waals surface area contributed by atoms with Crippen LogP contribution in [0.1, 0.15) is 21.6 Å². The second-order valence-electron chi connectivity index (χ2n) is 5.19. The Morgan fingerprint density at radius 1 is 1.19 bits per heavy atom. The Balaban J connectivity index is 2.09. The maximum absolute atomic E-state index is 12.1. The first kappa shape index (κ1) is 18.9. The summed E-state index contributed by atoms with van der Waals surface area (Å²) in [5.41, 5.74) is 1.46. The fraction of sp³-hybridized carbons (Fsp3) is 0.0625. The van der Waals surface area contributed by atoms with Gasteiger partial charge < -0.3 is 5.11 Å².